The Hall–Kier alpha value is -1.80. The first kappa shape index (κ1) is 14.3. The van der Waals surface area contributed by atoms with Gasteiger partial charge in [-0.25, -0.2) is 0 Å². The smallest absolute Gasteiger partial charge is 0.307 e. The molecule has 1 N–H and O–H groups in total. The largest absolute Gasteiger partial charge is 0.481 e. The normalized spacial score (nSPS) is 9.22. The molecule has 0 bridgehead atoms. The van der Waals surface area contributed by atoms with Crippen LogP contribution in [0, 0.1) is 6.92 Å². The molecule has 0 saturated carbocycles. The molecule has 0 spiro atoms. The van der Waals surface area contributed by atoms with E-state index < -0.39 is 5.97 Å². The summed E-state index contributed by atoms with van der Waals surface area (Å²) in [7, 11) is 0. The summed E-state index contributed by atoms with van der Waals surface area (Å²) in [6.07, 6.45) is 0.112. The molecule has 2 aromatic carbocycles. The van der Waals surface area contributed by atoms with Crippen LogP contribution in [0.5, 0.6) is 0 Å². The van der Waals surface area contributed by atoms with Crippen LogP contribution in [0.1, 0.15) is 11.1 Å². The average Bonchev–Trinajstić information content (AvgIpc) is 2.34. The van der Waals surface area contributed by atoms with E-state index in [1.165, 1.54) is 5.56 Å². The highest BCUT2D eigenvalue weighted by Gasteiger charge is 1.96. The van der Waals surface area contributed by atoms with E-state index in [0.29, 0.717) is 0 Å². The Bertz CT molecular complexity index is 457. The van der Waals surface area contributed by atoms with Crippen molar-refractivity contribution in [2.75, 3.05) is 0 Å². The molecule has 0 unspecified atom stereocenters. The van der Waals surface area contributed by atoms with E-state index in [4.69, 9.17) is 16.7 Å². The van der Waals surface area contributed by atoms with Gasteiger partial charge in [-0.1, -0.05) is 59.6 Å². The van der Waals surface area contributed by atoms with E-state index in [2.05, 4.69) is 0 Å². The standard InChI is InChI=1S/C8H8O2.C7H7Cl/c9-8(10)6-7-4-2-1-3-5-7;1-6-2-4-7(8)5-3-6/h1-5H,6H2,(H,9,10);2-5H,1H3. The lowest BCUT2D eigenvalue weighted by atomic mass is 10.2. The van der Waals surface area contributed by atoms with E-state index in [9.17, 15) is 4.79 Å². The summed E-state index contributed by atoms with van der Waals surface area (Å²) in [5, 5.41) is 9.17. The van der Waals surface area contributed by atoms with Crippen molar-refractivity contribution in [3.05, 3.63) is 70.7 Å². The van der Waals surface area contributed by atoms with Gasteiger partial charge in [0.2, 0.25) is 0 Å². The zero-order valence-corrected chi connectivity index (χ0v) is 10.9. The Morgan fingerprint density at radius 3 is 2.06 bits per heavy atom. The van der Waals surface area contributed by atoms with Gasteiger partial charge in [0.1, 0.15) is 0 Å². The molecule has 0 aliphatic carbocycles. The Morgan fingerprint density at radius 1 is 1.06 bits per heavy atom. The average molecular weight is 263 g/mol. The molecule has 3 heteroatoms. The predicted octanol–water partition coefficient (Wildman–Crippen LogP) is 3.96. The lowest BCUT2D eigenvalue weighted by Crippen LogP contribution is -1.98. The fraction of sp³-hybridized carbons (Fsp3) is 0.133. The van der Waals surface area contributed by atoms with Gasteiger partial charge in [0.15, 0.2) is 0 Å². The van der Waals surface area contributed by atoms with E-state index in [-0.39, 0.29) is 6.42 Å². The Morgan fingerprint density at radius 2 is 1.61 bits per heavy atom. The zero-order chi connectivity index (χ0) is 13.4. The number of rotatable bonds is 2. The number of carboxylic acid groups (broad SMARTS) is 1. The van der Waals surface area contributed by atoms with Crippen molar-refractivity contribution >= 4 is 17.6 Å². The van der Waals surface area contributed by atoms with Crippen LogP contribution in [0.25, 0.3) is 0 Å². The lowest BCUT2D eigenvalue weighted by molar-refractivity contribution is -0.136. The molecule has 0 amide bonds. The number of carboxylic acids is 1. The second kappa shape index (κ2) is 7.51. The second-order valence-electron chi connectivity index (χ2n) is 3.85. The lowest BCUT2D eigenvalue weighted by Gasteiger charge is -1.92. The van der Waals surface area contributed by atoms with Crippen molar-refractivity contribution in [1.82, 2.24) is 0 Å². The molecule has 0 radical (unpaired) electrons. The number of aryl methyl sites for hydroxylation is 1. The van der Waals surface area contributed by atoms with Crippen LogP contribution >= 0.6 is 11.6 Å². The van der Waals surface area contributed by atoms with Gasteiger partial charge in [0.25, 0.3) is 0 Å². The Kier molecular flexibility index (Phi) is 5.95. The first-order valence-corrected chi connectivity index (χ1v) is 5.93. The van der Waals surface area contributed by atoms with E-state index in [0.717, 1.165) is 10.6 Å². The first-order chi connectivity index (χ1) is 8.58. The number of aliphatic carboxylic acids is 1. The van der Waals surface area contributed by atoms with Gasteiger partial charge in [-0.3, -0.25) is 4.79 Å². The molecule has 0 aromatic heterocycles. The molecule has 0 aliphatic heterocycles. The topological polar surface area (TPSA) is 37.3 Å². The van der Waals surface area contributed by atoms with Crippen LogP contribution in [-0.2, 0) is 11.2 Å². The van der Waals surface area contributed by atoms with Crippen molar-refractivity contribution < 1.29 is 9.90 Å². The number of hydrogen-bond donors (Lipinski definition) is 1. The molecule has 2 nitrogen and oxygen atoms in total. The van der Waals surface area contributed by atoms with Gasteiger partial charge in [-0.2, -0.15) is 0 Å². The van der Waals surface area contributed by atoms with Crippen molar-refractivity contribution in [2.24, 2.45) is 0 Å². The van der Waals surface area contributed by atoms with E-state index in [1.54, 1.807) is 12.1 Å². The Balaban J connectivity index is 0.000000184. The van der Waals surface area contributed by atoms with Crippen LogP contribution < -0.4 is 0 Å². The molecule has 0 saturated heterocycles. The van der Waals surface area contributed by atoms with Crippen LogP contribution in [0.15, 0.2) is 54.6 Å². The maximum absolute atomic E-state index is 10.2. The van der Waals surface area contributed by atoms with Gasteiger partial charge in [0.05, 0.1) is 6.42 Å². The SMILES string of the molecule is Cc1ccc(Cl)cc1.O=C(O)Cc1ccccc1. The molecule has 0 heterocycles. The van der Waals surface area contributed by atoms with Crippen LogP contribution in [0.2, 0.25) is 5.02 Å². The molecule has 0 aliphatic rings. The minimum atomic E-state index is -0.786. The Labute approximate surface area is 112 Å². The number of halogens is 1. The van der Waals surface area contributed by atoms with Gasteiger partial charge >= 0.3 is 5.97 Å². The maximum atomic E-state index is 10.2. The zero-order valence-electron chi connectivity index (χ0n) is 10.1. The highest BCUT2D eigenvalue weighted by Crippen LogP contribution is 2.07. The molecule has 0 fully saturated rings. The van der Waals surface area contributed by atoms with Crippen molar-refractivity contribution in [1.29, 1.82) is 0 Å². The van der Waals surface area contributed by atoms with Gasteiger partial charge in [-0.15, -0.1) is 0 Å². The molecular weight excluding hydrogens is 248 g/mol. The monoisotopic (exact) mass is 262 g/mol. The summed E-state index contributed by atoms with van der Waals surface area (Å²) in [6.45, 7) is 2.04. The second-order valence-corrected chi connectivity index (χ2v) is 4.29. The predicted molar refractivity (Wildman–Crippen MR) is 74.0 cm³/mol. The van der Waals surface area contributed by atoms with E-state index in [1.807, 2.05) is 49.4 Å². The van der Waals surface area contributed by atoms with Crippen LogP contribution in [-0.4, -0.2) is 11.1 Å². The first-order valence-electron chi connectivity index (χ1n) is 5.56. The van der Waals surface area contributed by atoms with Gasteiger partial charge < -0.3 is 5.11 Å². The van der Waals surface area contributed by atoms with E-state index >= 15 is 0 Å². The minimum absolute atomic E-state index is 0.112. The fourth-order valence-corrected chi connectivity index (χ4v) is 1.43. The summed E-state index contributed by atoms with van der Waals surface area (Å²) in [4.78, 5) is 10.2. The summed E-state index contributed by atoms with van der Waals surface area (Å²) >= 11 is 5.61. The number of benzene rings is 2. The third-order valence-electron chi connectivity index (χ3n) is 2.21. The fourth-order valence-electron chi connectivity index (χ4n) is 1.30. The third-order valence-corrected chi connectivity index (χ3v) is 2.46. The summed E-state index contributed by atoms with van der Waals surface area (Å²) in [5.74, 6) is -0.786. The van der Waals surface area contributed by atoms with Crippen molar-refractivity contribution in [3.8, 4) is 0 Å². The molecule has 18 heavy (non-hydrogen) atoms. The molecule has 2 aromatic rings. The van der Waals surface area contributed by atoms with Gasteiger partial charge in [0, 0.05) is 5.02 Å². The third kappa shape index (κ3) is 6.06. The van der Waals surface area contributed by atoms with Gasteiger partial charge in [-0.05, 0) is 24.6 Å². The summed E-state index contributed by atoms with van der Waals surface area (Å²) < 4.78 is 0. The summed E-state index contributed by atoms with van der Waals surface area (Å²) in [6, 6.07) is 16.9. The number of carbonyl (C=O) groups is 1. The highest BCUT2D eigenvalue weighted by atomic mass is 35.5. The van der Waals surface area contributed by atoms with Crippen molar-refractivity contribution in [2.45, 2.75) is 13.3 Å². The minimum Gasteiger partial charge on any atom is -0.481 e. The van der Waals surface area contributed by atoms with Crippen LogP contribution in [0.4, 0.5) is 0 Å². The maximum Gasteiger partial charge on any atom is 0.307 e. The number of hydrogen-bond acceptors (Lipinski definition) is 1. The van der Waals surface area contributed by atoms with Crippen LogP contribution in [0.3, 0.4) is 0 Å². The molecule has 2 rings (SSSR count). The molecule has 94 valence electrons. The highest BCUT2D eigenvalue weighted by molar-refractivity contribution is 6.30. The summed E-state index contributed by atoms with van der Waals surface area (Å²) in [5.41, 5.74) is 2.09. The quantitative estimate of drug-likeness (QED) is 0.889. The molecular formula is C15H15ClO2. The molecule has 0 atom stereocenters. The van der Waals surface area contributed by atoms with Crippen molar-refractivity contribution in [3.63, 3.8) is 0 Å².